The molecule has 0 spiro atoms. The van der Waals surface area contributed by atoms with E-state index in [0.717, 1.165) is 33.6 Å². The molecule has 5 aromatic rings. The Bertz CT molecular complexity index is 1630. The van der Waals surface area contributed by atoms with Crippen molar-refractivity contribution in [1.82, 2.24) is 14.4 Å². The molecule has 0 aliphatic rings. The minimum Gasteiger partial charge on any atom is -0.493 e. The first-order valence-corrected chi connectivity index (χ1v) is 12.6. The second-order valence-electron chi connectivity index (χ2n) is 8.51. The Morgan fingerprint density at radius 2 is 1.47 bits per heavy atom. The van der Waals surface area contributed by atoms with E-state index in [1.54, 1.807) is 22.7 Å². The number of hydrogen-bond acceptors (Lipinski definition) is 6. The summed E-state index contributed by atoms with van der Waals surface area (Å²) < 4.78 is 36.8. The van der Waals surface area contributed by atoms with Gasteiger partial charge < -0.3 is 9.29 Å². The maximum absolute atomic E-state index is 11.1. The van der Waals surface area contributed by atoms with Crippen molar-refractivity contribution in [2.75, 3.05) is 0 Å². The zero-order valence-electron chi connectivity index (χ0n) is 19.4. The van der Waals surface area contributed by atoms with Crippen molar-refractivity contribution in [3.63, 3.8) is 0 Å². The maximum atomic E-state index is 11.1. The van der Waals surface area contributed by atoms with Crippen LogP contribution in [0.1, 0.15) is 28.1 Å². The fourth-order valence-corrected chi connectivity index (χ4v) is 4.37. The smallest absolute Gasteiger partial charge is 0.446 e. The molecule has 0 bridgehead atoms. The van der Waals surface area contributed by atoms with E-state index in [4.69, 9.17) is 14.5 Å². The molecular weight excluding hydrogens is 478 g/mol. The van der Waals surface area contributed by atoms with Crippen LogP contribution in [-0.4, -0.2) is 32.4 Å². The van der Waals surface area contributed by atoms with Gasteiger partial charge in [-0.25, -0.2) is 9.97 Å². The van der Waals surface area contributed by atoms with Gasteiger partial charge in [0.05, 0.1) is 11.4 Å². The number of aryl methyl sites for hydroxylation is 1. The van der Waals surface area contributed by atoms with Crippen LogP contribution in [0.5, 0.6) is 11.6 Å². The lowest BCUT2D eigenvalue weighted by molar-refractivity contribution is 0.387. The number of nitrogens with zero attached hydrogens (tertiary/aromatic N) is 3. The molecule has 0 aliphatic heterocycles. The maximum Gasteiger partial charge on any atom is 0.446 e. The number of hydrogen-bond donors (Lipinski definition) is 2. The van der Waals surface area contributed by atoms with Crippen molar-refractivity contribution in [3.05, 3.63) is 113 Å². The normalized spacial score (nSPS) is 11.6. The standard InChI is InChI=1S/C27H23N3O5S/c1-18-7-11-21(12-8-18)25-17-30-26(23(28-25)15-19-5-3-2-4-6-19)29-24(27(30)31)16-20-9-13-22(14-10-20)35-36(32,33)34/h2-14,17,31H,15-16H2,1H3,(H,32,33,34). The lowest BCUT2D eigenvalue weighted by atomic mass is 10.1. The number of imidazole rings is 1. The van der Waals surface area contributed by atoms with Gasteiger partial charge in [-0.3, -0.25) is 8.95 Å². The topological polar surface area (TPSA) is 114 Å². The quantitative estimate of drug-likeness (QED) is 0.309. The molecule has 36 heavy (non-hydrogen) atoms. The first-order chi connectivity index (χ1) is 17.2. The van der Waals surface area contributed by atoms with Gasteiger partial charge in [0, 0.05) is 24.6 Å². The van der Waals surface area contributed by atoms with Crippen molar-refractivity contribution in [2.45, 2.75) is 19.8 Å². The van der Waals surface area contributed by atoms with Crippen LogP contribution < -0.4 is 4.18 Å². The summed E-state index contributed by atoms with van der Waals surface area (Å²) in [6.07, 6.45) is 2.62. The molecule has 0 unspecified atom stereocenters. The van der Waals surface area contributed by atoms with Crippen LogP contribution in [0.2, 0.25) is 0 Å². The van der Waals surface area contributed by atoms with E-state index in [1.807, 2.05) is 61.5 Å². The van der Waals surface area contributed by atoms with E-state index in [1.165, 1.54) is 12.1 Å². The highest BCUT2D eigenvalue weighted by molar-refractivity contribution is 7.81. The highest BCUT2D eigenvalue weighted by atomic mass is 32.3. The first-order valence-electron chi connectivity index (χ1n) is 11.2. The molecule has 2 N–H and O–H groups in total. The average Bonchev–Trinajstić information content (AvgIpc) is 3.16. The second kappa shape index (κ2) is 9.44. The monoisotopic (exact) mass is 501 g/mol. The third kappa shape index (κ3) is 5.22. The number of aromatic hydroxyl groups is 1. The molecule has 0 saturated heterocycles. The summed E-state index contributed by atoms with van der Waals surface area (Å²) in [7, 11) is -4.60. The summed E-state index contributed by atoms with van der Waals surface area (Å²) in [4.78, 5) is 9.63. The molecule has 0 amide bonds. The summed E-state index contributed by atoms with van der Waals surface area (Å²) in [6, 6.07) is 24.1. The van der Waals surface area contributed by atoms with Gasteiger partial charge in [-0.2, -0.15) is 8.42 Å². The Hall–Kier alpha value is -4.21. The second-order valence-corrected chi connectivity index (χ2v) is 9.53. The number of rotatable bonds is 7. The minimum atomic E-state index is -4.60. The van der Waals surface area contributed by atoms with Crippen molar-refractivity contribution < 1.29 is 22.3 Å². The Kier molecular flexibility index (Phi) is 6.17. The van der Waals surface area contributed by atoms with Gasteiger partial charge in [-0.1, -0.05) is 72.3 Å². The van der Waals surface area contributed by atoms with E-state index in [9.17, 15) is 13.5 Å². The zero-order valence-corrected chi connectivity index (χ0v) is 20.2. The van der Waals surface area contributed by atoms with E-state index in [-0.39, 0.29) is 11.6 Å². The summed E-state index contributed by atoms with van der Waals surface area (Å²) >= 11 is 0. The van der Waals surface area contributed by atoms with E-state index < -0.39 is 10.4 Å². The van der Waals surface area contributed by atoms with Gasteiger partial charge >= 0.3 is 10.4 Å². The lowest BCUT2D eigenvalue weighted by Crippen LogP contribution is -2.06. The van der Waals surface area contributed by atoms with E-state index in [2.05, 4.69) is 4.18 Å². The predicted molar refractivity (Wildman–Crippen MR) is 135 cm³/mol. The van der Waals surface area contributed by atoms with Crippen molar-refractivity contribution in [2.24, 2.45) is 0 Å². The van der Waals surface area contributed by atoms with Crippen molar-refractivity contribution in [1.29, 1.82) is 0 Å². The Balaban J connectivity index is 1.55. The molecule has 8 nitrogen and oxygen atoms in total. The fraction of sp³-hybridized carbons (Fsp3) is 0.111. The third-order valence-corrected chi connectivity index (χ3v) is 6.18. The van der Waals surface area contributed by atoms with Crippen LogP contribution in [0.15, 0.2) is 85.1 Å². The summed E-state index contributed by atoms with van der Waals surface area (Å²) in [5, 5.41) is 11.1. The highest BCUT2D eigenvalue weighted by Gasteiger charge is 2.18. The van der Waals surface area contributed by atoms with Crippen LogP contribution in [0, 0.1) is 6.92 Å². The molecule has 0 fully saturated rings. The van der Waals surface area contributed by atoms with Gasteiger partial charge in [0.1, 0.15) is 11.4 Å². The predicted octanol–water partition coefficient (Wildman–Crippen LogP) is 4.77. The van der Waals surface area contributed by atoms with Gasteiger partial charge in [0.15, 0.2) is 5.65 Å². The van der Waals surface area contributed by atoms with Gasteiger partial charge in [-0.05, 0) is 30.2 Å². The van der Waals surface area contributed by atoms with Crippen LogP contribution in [0.3, 0.4) is 0 Å². The van der Waals surface area contributed by atoms with E-state index >= 15 is 0 Å². The summed E-state index contributed by atoms with van der Waals surface area (Å²) in [6.45, 7) is 2.02. The molecular formula is C27H23N3O5S. The SMILES string of the molecule is Cc1ccc(-c2cn3c(O)c(Cc4ccc(OS(=O)(=O)O)cc4)nc3c(Cc3ccccc3)n2)cc1. The zero-order chi connectivity index (χ0) is 25.3. The Morgan fingerprint density at radius 3 is 2.14 bits per heavy atom. The molecule has 9 heteroatoms. The third-order valence-electron chi connectivity index (χ3n) is 5.78. The summed E-state index contributed by atoms with van der Waals surface area (Å²) in [5.74, 6) is -0.00843. The number of benzene rings is 3. The molecule has 182 valence electrons. The molecule has 3 aromatic carbocycles. The summed E-state index contributed by atoms with van der Waals surface area (Å²) in [5.41, 5.74) is 6.39. The van der Waals surface area contributed by atoms with Gasteiger partial charge in [0.2, 0.25) is 5.88 Å². The molecule has 0 aliphatic carbocycles. The molecule has 0 saturated carbocycles. The number of fused-ring (bicyclic) bond motifs is 1. The molecule has 2 aromatic heterocycles. The molecule has 0 radical (unpaired) electrons. The molecule has 5 rings (SSSR count). The van der Waals surface area contributed by atoms with Crippen molar-refractivity contribution >= 4 is 16.0 Å². The Morgan fingerprint density at radius 1 is 0.833 bits per heavy atom. The van der Waals surface area contributed by atoms with Crippen molar-refractivity contribution in [3.8, 4) is 22.9 Å². The largest absolute Gasteiger partial charge is 0.493 e. The van der Waals surface area contributed by atoms with E-state index in [0.29, 0.717) is 24.2 Å². The number of aromatic nitrogens is 3. The van der Waals surface area contributed by atoms with Gasteiger partial charge in [0.25, 0.3) is 0 Å². The Labute approximate surface area is 208 Å². The average molecular weight is 502 g/mol. The highest BCUT2D eigenvalue weighted by Crippen LogP contribution is 2.29. The van der Waals surface area contributed by atoms with Crippen LogP contribution in [-0.2, 0) is 23.2 Å². The molecule has 0 atom stereocenters. The van der Waals surface area contributed by atoms with Gasteiger partial charge in [-0.15, -0.1) is 0 Å². The van der Waals surface area contributed by atoms with Crippen LogP contribution in [0.25, 0.3) is 16.9 Å². The lowest BCUT2D eigenvalue weighted by Gasteiger charge is -2.09. The van der Waals surface area contributed by atoms with Crippen LogP contribution >= 0.6 is 0 Å². The van der Waals surface area contributed by atoms with Crippen LogP contribution in [0.4, 0.5) is 0 Å². The minimum absolute atomic E-state index is 0.00772. The molecule has 2 heterocycles. The fourth-order valence-electron chi connectivity index (χ4n) is 4.01. The first kappa shape index (κ1) is 23.5.